The molecule has 0 aliphatic heterocycles. The van der Waals surface area contributed by atoms with Gasteiger partial charge >= 0.3 is 0 Å². The molecule has 2 rings (SSSR count). The van der Waals surface area contributed by atoms with E-state index in [9.17, 15) is 0 Å². The van der Waals surface area contributed by atoms with Gasteiger partial charge in [-0.3, -0.25) is 4.90 Å². The molecule has 118 valence electrons. The number of aromatic nitrogens is 2. The SMILES string of the molecule is CNc1nc(C(C)C)nc(NCC(C)N(C)C2CC2)c1C. The van der Waals surface area contributed by atoms with E-state index in [1.54, 1.807) is 0 Å². The first-order valence-corrected chi connectivity index (χ1v) is 7.96. The highest BCUT2D eigenvalue weighted by atomic mass is 15.2. The molecule has 0 bridgehead atoms. The summed E-state index contributed by atoms with van der Waals surface area (Å²) in [6.07, 6.45) is 2.68. The molecule has 1 heterocycles. The van der Waals surface area contributed by atoms with Gasteiger partial charge in [0.15, 0.2) is 0 Å². The van der Waals surface area contributed by atoms with Crippen molar-refractivity contribution >= 4 is 11.6 Å². The van der Waals surface area contributed by atoms with E-state index in [1.165, 1.54) is 12.8 Å². The first-order valence-electron chi connectivity index (χ1n) is 7.96. The van der Waals surface area contributed by atoms with Gasteiger partial charge in [0, 0.05) is 37.2 Å². The normalized spacial score (nSPS) is 16.4. The van der Waals surface area contributed by atoms with Crippen LogP contribution in [0.2, 0.25) is 0 Å². The molecule has 1 saturated carbocycles. The van der Waals surface area contributed by atoms with Gasteiger partial charge in [-0.1, -0.05) is 13.8 Å². The number of nitrogens with zero attached hydrogens (tertiary/aromatic N) is 3. The molecule has 0 saturated heterocycles. The van der Waals surface area contributed by atoms with Crippen LogP contribution in [-0.4, -0.2) is 47.6 Å². The molecule has 1 fully saturated rings. The number of likely N-dealkylation sites (N-methyl/N-ethyl adjacent to an activating group) is 1. The summed E-state index contributed by atoms with van der Waals surface area (Å²) in [4.78, 5) is 11.7. The minimum atomic E-state index is 0.324. The Labute approximate surface area is 128 Å². The third-order valence-electron chi connectivity index (χ3n) is 4.30. The van der Waals surface area contributed by atoms with Crippen LogP contribution in [0.3, 0.4) is 0 Å². The second kappa shape index (κ2) is 6.60. The smallest absolute Gasteiger partial charge is 0.135 e. The predicted molar refractivity (Wildman–Crippen MR) is 89.1 cm³/mol. The quantitative estimate of drug-likeness (QED) is 0.809. The van der Waals surface area contributed by atoms with Crippen LogP contribution in [0.25, 0.3) is 0 Å². The van der Waals surface area contributed by atoms with Crippen molar-refractivity contribution in [1.29, 1.82) is 0 Å². The van der Waals surface area contributed by atoms with Crippen LogP contribution in [0.5, 0.6) is 0 Å². The average molecular weight is 291 g/mol. The summed E-state index contributed by atoms with van der Waals surface area (Å²) in [5, 5.41) is 6.68. The second-order valence-corrected chi connectivity index (χ2v) is 6.44. The molecule has 21 heavy (non-hydrogen) atoms. The van der Waals surface area contributed by atoms with E-state index in [1.807, 2.05) is 7.05 Å². The van der Waals surface area contributed by atoms with Gasteiger partial charge in [0.25, 0.3) is 0 Å². The summed E-state index contributed by atoms with van der Waals surface area (Å²) in [5.74, 6) is 3.08. The predicted octanol–water partition coefficient (Wildman–Crippen LogP) is 2.84. The van der Waals surface area contributed by atoms with Crippen molar-refractivity contribution in [1.82, 2.24) is 14.9 Å². The molecular weight excluding hydrogens is 262 g/mol. The standard InChI is InChI=1S/C16H29N5/c1-10(2)14-19-15(17-5)12(4)16(20-14)18-9-11(3)21(6)13-7-8-13/h10-11,13H,7-9H2,1-6H3,(H2,17,18,19,20). The molecule has 1 aromatic rings. The maximum Gasteiger partial charge on any atom is 0.135 e. The second-order valence-electron chi connectivity index (χ2n) is 6.44. The van der Waals surface area contributed by atoms with E-state index in [4.69, 9.17) is 4.98 Å². The van der Waals surface area contributed by atoms with Crippen LogP contribution >= 0.6 is 0 Å². The van der Waals surface area contributed by atoms with Crippen molar-refractivity contribution in [2.45, 2.75) is 58.5 Å². The van der Waals surface area contributed by atoms with Crippen LogP contribution in [-0.2, 0) is 0 Å². The van der Waals surface area contributed by atoms with Crippen molar-refractivity contribution in [2.24, 2.45) is 0 Å². The van der Waals surface area contributed by atoms with Crippen LogP contribution in [0.4, 0.5) is 11.6 Å². The van der Waals surface area contributed by atoms with Gasteiger partial charge in [0.1, 0.15) is 17.5 Å². The molecule has 1 unspecified atom stereocenters. The molecule has 0 aromatic carbocycles. The monoisotopic (exact) mass is 291 g/mol. The first kappa shape index (κ1) is 16.0. The van der Waals surface area contributed by atoms with Crippen molar-refractivity contribution in [3.8, 4) is 0 Å². The molecule has 1 aliphatic rings. The van der Waals surface area contributed by atoms with E-state index >= 15 is 0 Å². The highest BCUT2D eigenvalue weighted by molar-refractivity contribution is 5.57. The van der Waals surface area contributed by atoms with Gasteiger partial charge < -0.3 is 10.6 Å². The Bertz CT molecular complexity index is 482. The van der Waals surface area contributed by atoms with E-state index in [0.717, 1.165) is 35.6 Å². The number of anilines is 2. The molecule has 1 atom stereocenters. The van der Waals surface area contributed by atoms with Crippen LogP contribution in [0.1, 0.15) is 50.9 Å². The van der Waals surface area contributed by atoms with Gasteiger partial charge in [-0.15, -0.1) is 0 Å². The summed E-state index contributed by atoms with van der Waals surface area (Å²) in [6.45, 7) is 9.48. The fraction of sp³-hybridized carbons (Fsp3) is 0.750. The Morgan fingerprint density at radius 3 is 2.33 bits per heavy atom. The van der Waals surface area contributed by atoms with Crippen LogP contribution < -0.4 is 10.6 Å². The van der Waals surface area contributed by atoms with Gasteiger partial charge in [0.2, 0.25) is 0 Å². The fourth-order valence-corrected chi connectivity index (χ4v) is 2.44. The molecular formula is C16H29N5. The van der Waals surface area contributed by atoms with Crippen molar-refractivity contribution in [3.05, 3.63) is 11.4 Å². The minimum Gasteiger partial charge on any atom is -0.373 e. The van der Waals surface area contributed by atoms with Gasteiger partial charge in [-0.25, -0.2) is 9.97 Å². The highest BCUT2D eigenvalue weighted by Gasteiger charge is 2.29. The molecule has 2 N–H and O–H groups in total. The lowest BCUT2D eigenvalue weighted by Gasteiger charge is -2.25. The summed E-state index contributed by atoms with van der Waals surface area (Å²) in [5.41, 5.74) is 1.09. The topological polar surface area (TPSA) is 53.1 Å². The van der Waals surface area contributed by atoms with Gasteiger partial charge in [-0.05, 0) is 33.7 Å². The maximum atomic E-state index is 4.69. The van der Waals surface area contributed by atoms with Gasteiger partial charge in [-0.2, -0.15) is 0 Å². The third-order valence-corrected chi connectivity index (χ3v) is 4.30. The zero-order valence-electron chi connectivity index (χ0n) is 14.2. The van der Waals surface area contributed by atoms with E-state index in [0.29, 0.717) is 12.0 Å². The summed E-state index contributed by atoms with van der Waals surface area (Å²) < 4.78 is 0. The Morgan fingerprint density at radius 1 is 1.19 bits per heavy atom. The Hall–Kier alpha value is -1.36. The number of hydrogen-bond acceptors (Lipinski definition) is 5. The molecule has 1 aromatic heterocycles. The molecule has 1 aliphatic carbocycles. The molecule has 5 nitrogen and oxygen atoms in total. The zero-order valence-corrected chi connectivity index (χ0v) is 14.2. The summed E-state index contributed by atoms with van der Waals surface area (Å²) in [7, 11) is 4.13. The van der Waals surface area contributed by atoms with E-state index in [-0.39, 0.29) is 0 Å². The summed E-state index contributed by atoms with van der Waals surface area (Å²) >= 11 is 0. The number of nitrogens with one attached hydrogen (secondary N) is 2. The van der Waals surface area contributed by atoms with Crippen molar-refractivity contribution in [3.63, 3.8) is 0 Å². The highest BCUT2D eigenvalue weighted by Crippen LogP contribution is 2.27. The molecule has 0 amide bonds. The molecule has 0 spiro atoms. The lowest BCUT2D eigenvalue weighted by Crippen LogP contribution is -2.36. The third kappa shape index (κ3) is 3.84. The number of hydrogen-bond donors (Lipinski definition) is 2. The Balaban J connectivity index is 2.08. The largest absolute Gasteiger partial charge is 0.373 e. The molecule has 0 radical (unpaired) electrons. The van der Waals surface area contributed by atoms with Gasteiger partial charge in [0.05, 0.1) is 0 Å². The van der Waals surface area contributed by atoms with Crippen molar-refractivity contribution < 1.29 is 0 Å². The maximum absolute atomic E-state index is 4.69. The number of rotatable bonds is 7. The summed E-state index contributed by atoms with van der Waals surface area (Å²) in [6, 6.07) is 1.29. The van der Waals surface area contributed by atoms with E-state index < -0.39 is 0 Å². The average Bonchev–Trinajstić information content (AvgIpc) is 3.29. The van der Waals surface area contributed by atoms with E-state index in [2.05, 4.69) is 55.3 Å². The zero-order chi connectivity index (χ0) is 15.6. The van der Waals surface area contributed by atoms with Crippen LogP contribution in [0, 0.1) is 6.92 Å². The van der Waals surface area contributed by atoms with Crippen LogP contribution in [0.15, 0.2) is 0 Å². The Kier molecular flexibility index (Phi) is 5.04. The lowest BCUT2D eigenvalue weighted by molar-refractivity contribution is 0.257. The first-order chi connectivity index (χ1) is 9.93. The fourth-order valence-electron chi connectivity index (χ4n) is 2.44. The lowest BCUT2D eigenvalue weighted by atomic mass is 10.2. The van der Waals surface area contributed by atoms with Crippen molar-refractivity contribution in [2.75, 3.05) is 31.3 Å². The minimum absolute atomic E-state index is 0.324. The molecule has 5 heteroatoms. The Morgan fingerprint density at radius 2 is 1.81 bits per heavy atom.